The molecule has 118 valence electrons. The summed E-state index contributed by atoms with van der Waals surface area (Å²) >= 11 is 7.37. The molecule has 0 spiro atoms. The van der Waals surface area contributed by atoms with Gasteiger partial charge < -0.3 is 5.73 Å². The second-order valence-electron chi connectivity index (χ2n) is 5.12. The number of hydrogen-bond donors (Lipinski definition) is 1. The van der Waals surface area contributed by atoms with E-state index in [1.54, 1.807) is 6.07 Å². The summed E-state index contributed by atoms with van der Waals surface area (Å²) in [5, 5.41) is 6.85. The predicted octanol–water partition coefficient (Wildman–Crippen LogP) is 3.54. The fraction of sp³-hybridized carbons (Fsp3) is 0. The molecule has 0 bridgehead atoms. The number of carbonyl (C=O) groups is 1. The van der Waals surface area contributed by atoms with Crippen molar-refractivity contribution in [1.29, 1.82) is 0 Å². The molecule has 0 fully saturated rings. The first-order valence-electron chi connectivity index (χ1n) is 7.14. The van der Waals surface area contributed by atoms with Gasteiger partial charge in [-0.2, -0.15) is 10.1 Å². The highest BCUT2D eigenvalue weighted by molar-refractivity contribution is 7.22. The molecule has 0 saturated heterocycles. The van der Waals surface area contributed by atoms with Crippen molar-refractivity contribution in [2.45, 2.75) is 0 Å². The van der Waals surface area contributed by atoms with Crippen molar-refractivity contribution < 1.29 is 4.79 Å². The Bertz CT molecular complexity index is 1010. The van der Waals surface area contributed by atoms with Crippen molar-refractivity contribution >= 4 is 49.9 Å². The van der Waals surface area contributed by atoms with Crippen LogP contribution in [-0.2, 0) is 4.79 Å². The van der Waals surface area contributed by atoms with Crippen LogP contribution in [0, 0.1) is 0 Å². The molecule has 2 N–H and O–H groups in total. The van der Waals surface area contributed by atoms with Crippen molar-refractivity contribution in [2.75, 3.05) is 5.01 Å². The van der Waals surface area contributed by atoms with Crippen molar-refractivity contribution in [1.82, 2.24) is 4.98 Å². The Morgan fingerprint density at radius 1 is 1.17 bits per heavy atom. The molecule has 1 aliphatic rings. The molecule has 0 atom stereocenters. The Labute approximate surface area is 146 Å². The first-order valence-corrected chi connectivity index (χ1v) is 8.33. The first kappa shape index (κ1) is 14.9. The van der Waals surface area contributed by atoms with Crippen molar-refractivity contribution in [3.8, 4) is 0 Å². The largest absolute Gasteiger partial charge is 0.404 e. The van der Waals surface area contributed by atoms with Crippen LogP contribution in [-0.4, -0.2) is 16.6 Å². The topological polar surface area (TPSA) is 71.6 Å². The molecule has 2 heterocycles. The Morgan fingerprint density at radius 3 is 2.71 bits per heavy atom. The third kappa shape index (κ3) is 2.36. The van der Waals surface area contributed by atoms with E-state index in [0.29, 0.717) is 21.4 Å². The minimum Gasteiger partial charge on any atom is -0.404 e. The molecule has 7 heteroatoms. The molecule has 0 radical (unpaired) electrons. The summed E-state index contributed by atoms with van der Waals surface area (Å²) in [4.78, 5) is 17.1. The monoisotopic (exact) mass is 354 g/mol. The third-order valence-corrected chi connectivity index (χ3v) is 4.84. The van der Waals surface area contributed by atoms with Gasteiger partial charge in [-0.05, 0) is 18.2 Å². The number of rotatable bonds is 2. The number of aromatic nitrogens is 1. The third-order valence-electron chi connectivity index (χ3n) is 3.61. The number of nitrogens with two attached hydrogens (primary N) is 1. The lowest BCUT2D eigenvalue weighted by Crippen LogP contribution is -2.21. The number of halogens is 1. The number of carbonyl (C=O) groups excluding carboxylic acids is 1. The van der Waals surface area contributed by atoms with Crippen molar-refractivity contribution in [3.05, 3.63) is 70.9 Å². The van der Waals surface area contributed by atoms with Crippen LogP contribution in [0.1, 0.15) is 5.56 Å². The van der Waals surface area contributed by atoms with Crippen LogP contribution in [0.15, 0.2) is 65.4 Å². The van der Waals surface area contributed by atoms with E-state index in [0.717, 1.165) is 15.8 Å². The van der Waals surface area contributed by atoms with Gasteiger partial charge in [-0.3, -0.25) is 4.79 Å². The predicted molar refractivity (Wildman–Crippen MR) is 97.4 cm³/mol. The summed E-state index contributed by atoms with van der Waals surface area (Å²) in [7, 11) is 0. The SMILES string of the molecule is N/C=C1/C(=O)N(c2nc3ccc(Cl)cc3s2)N=C1c1ccccc1. The standard InChI is InChI=1S/C17H11ClN4OS/c18-11-6-7-13-14(8-11)24-17(20-13)22-16(23)12(9-19)15(21-22)10-4-2-1-3-5-10/h1-9H,19H2/b12-9+. The average molecular weight is 355 g/mol. The Balaban J connectivity index is 1.82. The molecule has 2 aromatic carbocycles. The summed E-state index contributed by atoms with van der Waals surface area (Å²) in [6.45, 7) is 0. The minimum atomic E-state index is -0.290. The van der Waals surface area contributed by atoms with Crippen LogP contribution in [0.3, 0.4) is 0 Å². The quantitative estimate of drug-likeness (QED) is 0.715. The molecule has 0 unspecified atom stereocenters. The summed E-state index contributed by atoms with van der Waals surface area (Å²) < 4.78 is 0.895. The Morgan fingerprint density at radius 2 is 1.96 bits per heavy atom. The molecule has 5 nitrogen and oxygen atoms in total. The zero-order valence-corrected chi connectivity index (χ0v) is 13.9. The van der Waals surface area contributed by atoms with Crippen LogP contribution in [0.25, 0.3) is 10.2 Å². The van der Waals surface area contributed by atoms with E-state index in [9.17, 15) is 4.79 Å². The van der Waals surface area contributed by atoms with E-state index in [2.05, 4.69) is 10.1 Å². The zero-order chi connectivity index (χ0) is 16.7. The Hall–Kier alpha value is -2.70. The second kappa shape index (κ2) is 5.74. The molecule has 0 aliphatic carbocycles. The molecule has 3 aromatic rings. The van der Waals surface area contributed by atoms with E-state index in [1.165, 1.54) is 22.5 Å². The maximum atomic E-state index is 12.7. The molecule has 1 amide bonds. The molecule has 1 aromatic heterocycles. The van der Waals surface area contributed by atoms with Crippen LogP contribution in [0.4, 0.5) is 5.13 Å². The van der Waals surface area contributed by atoms with Crippen molar-refractivity contribution in [2.24, 2.45) is 10.8 Å². The Kier molecular flexibility index (Phi) is 3.55. The number of thiazole rings is 1. The number of hydrazone groups is 1. The maximum absolute atomic E-state index is 12.7. The van der Waals surface area contributed by atoms with Crippen LogP contribution < -0.4 is 10.7 Å². The number of anilines is 1. The van der Waals surface area contributed by atoms with Gasteiger partial charge in [0.25, 0.3) is 5.91 Å². The van der Waals surface area contributed by atoms with Gasteiger partial charge in [-0.1, -0.05) is 53.3 Å². The lowest BCUT2D eigenvalue weighted by atomic mass is 10.0. The molecular weight excluding hydrogens is 344 g/mol. The minimum absolute atomic E-state index is 0.290. The van der Waals surface area contributed by atoms with E-state index in [1.807, 2.05) is 42.5 Å². The summed E-state index contributed by atoms with van der Waals surface area (Å²) in [5.41, 5.74) is 8.16. The van der Waals surface area contributed by atoms with E-state index in [4.69, 9.17) is 17.3 Å². The number of fused-ring (bicyclic) bond motifs is 1. The van der Waals surface area contributed by atoms with Gasteiger partial charge in [0.15, 0.2) is 0 Å². The number of hydrogen-bond acceptors (Lipinski definition) is 5. The second-order valence-corrected chi connectivity index (χ2v) is 6.57. The smallest absolute Gasteiger partial charge is 0.284 e. The summed E-state index contributed by atoms with van der Waals surface area (Å²) in [5.74, 6) is -0.290. The first-order chi connectivity index (χ1) is 11.7. The van der Waals surface area contributed by atoms with Crippen LogP contribution in [0.2, 0.25) is 5.02 Å². The highest BCUT2D eigenvalue weighted by Crippen LogP contribution is 2.34. The van der Waals surface area contributed by atoms with Gasteiger partial charge in [0.2, 0.25) is 5.13 Å². The van der Waals surface area contributed by atoms with Gasteiger partial charge in [0.1, 0.15) is 5.71 Å². The molecule has 1 aliphatic heterocycles. The zero-order valence-electron chi connectivity index (χ0n) is 12.3. The van der Waals surface area contributed by atoms with E-state index in [-0.39, 0.29) is 5.91 Å². The van der Waals surface area contributed by atoms with Crippen LogP contribution in [0.5, 0.6) is 0 Å². The fourth-order valence-corrected chi connectivity index (χ4v) is 3.67. The lowest BCUT2D eigenvalue weighted by molar-refractivity contribution is -0.114. The number of amides is 1. The highest BCUT2D eigenvalue weighted by atomic mass is 35.5. The maximum Gasteiger partial charge on any atom is 0.284 e. The van der Waals surface area contributed by atoms with Crippen molar-refractivity contribution in [3.63, 3.8) is 0 Å². The van der Waals surface area contributed by atoms with E-state index >= 15 is 0 Å². The van der Waals surface area contributed by atoms with Gasteiger partial charge in [0, 0.05) is 16.8 Å². The molecule has 24 heavy (non-hydrogen) atoms. The van der Waals surface area contributed by atoms with Gasteiger partial charge in [-0.15, -0.1) is 0 Å². The molecule has 4 rings (SSSR count). The molecular formula is C17H11ClN4OS. The number of nitrogens with zero attached hydrogens (tertiary/aromatic N) is 3. The fourth-order valence-electron chi connectivity index (χ4n) is 2.48. The molecule has 0 saturated carbocycles. The lowest BCUT2D eigenvalue weighted by Gasteiger charge is -2.05. The van der Waals surface area contributed by atoms with E-state index < -0.39 is 0 Å². The normalized spacial score (nSPS) is 16.2. The highest BCUT2D eigenvalue weighted by Gasteiger charge is 2.33. The summed E-state index contributed by atoms with van der Waals surface area (Å²) in [6, 6.07) is 14.9. The number of benzene rings is 2. The van der Waals surface area contributed by atoms with Gasteiger partial charge in [0.05, 0.1) is 15.8 Å². The van der Waals surface area contributed by atoms with Gasteiger partial charge in [-0.25, -0.2) is 4.98 Å². The van der Waals surface area contributed by atoms with Crippen LogP contribution >= 0.6 is 22.9 Å². The average Bonchev–Trinajstić information content (AvgIpc) is 3.15. The van der Waals surface area contributed by atoms with Gasteiger partial charge >= 0.3 is 0 Å². The summed E-state index contributed by atoms with van der Waals surface area (Å²) in [6.07, 6.45) is 1.29.